The van der Waals surface area contributed by atoms with Crippen LogP contribution in [0.2, 0.25) is 0 Å². The monoisotopic (exact) mass is 238 g/mol. The summed E-state index contributed by atoms with van der Waals surface area (Å²) in [5.41, 5.74) is 0.932. The lowest BCUT2D eigenvalue weighted by Gasteiger charge is -2.09. The SMILES string of the molecule is O=C(NCc1ccccc1)NC[C@@H](O)C(=O)O. The maximum absolute atomic E-state index is 11.2. The minimum atomic E-state index is -1.59. The van der Waals surface area contributed by atoms with E-state index in [9.17, 15) is 9.59 Å². The van der Waals surface area contributed by atoms with Gasteiger partial charge in [-0.25, -0.2) is 9.59 Å². The standard InChI is InChI=1S/C11H14N2O4/c14-9(10(15)16)7-13-11(17)12-6-8-4-2-1-3-5-8/h1-5,9,14H,6-7H2,(H,15,16)(H2,12,13,17)/t9-/m1/s1. The number of carbonyl (C=O) groups is 2. The molecule has 4 N–H and O–H groups in total. The zero-order valence-electron chi connectivity index (χ0n) is 9.09. The molecule has 1 aromatic carbocycles. The van der Waals surface area contributed by atoms with Crippen molar-refractivity contribution in [3.05, 3.63) is 35.9 Å². The Labute approximate surface area is 98.3 Å². The van der Waals surface area contributed by atoms with Gasteiger partial charge in [0.25, 0.3) is 0 Å². The zero-order valence-corrected chi connectivity index (χ0v) is 9.09. The first-order valence-electron chi connectivity index (χ1n) is 5.06. The number of hydrogen-bond donors (Lipinski definition) is 4. The molecule has 17 heavy (non-hydrogen) atoms. The van der Waals surface area contributed by atoms with Crippen molar-refractivity contribution < 1.29 is 19.8 Å². The van der Waals surface area contributed by atoms with E-state index < -0.39 is 18.1 Å². The molecule has 0 bridgehead atoms. The summed E-state index contributed by atoms with van der Waals surface area (Å²) in [5.74, 6) is -1.37. The summed E-state index contributed by atoms with van der Waals surface area (Å²) in [7, 11) is 0. The molecule has 0 aliphatic rings. The van der Waals surface area contributed by atoms with Gasteiger partial charge in [0.1, 0.15) is 0 Å². The zero-order chi connectivity index (χ0) is 12.7. The second-order valence-corrected chi connectivity index (χ2v) is 3.40. The second kappa shape index (κ2) is 6.49. The van der Waals surface area contributed by atoms with Crippen LogP contribution in [0.25, 0.3) is 0 Å². The van der Waals surface area contributed by atoms with E-state index in [0.29, 0.717) is 6.54 Å². The fraction of sp³-hybridized carbons (Fsp3) is 0.273. The molecule has 0 unspecified atom stereocenters. The highest BCUT2D eigenvalue weighted by Gasteiger charge is 2.13. The molecule has 0 saturated heterocycles. The average molecular weight is 238 g/mol. The van der Waals surface area contributed by atoms with Gasteiger partial charge in [-0.05, 0) is 5.56 Å². The number of benzene rings is 1. The molecule has 0 spiro atoms. The highest BCUT2D eigenvalue weighted by Crippen LogP contribution is 1.96. The molecule has 0 radical (unpaired) electrons. The van der Waals surface area contributed by atoms with Crippen molar-refractivity contribution in [2.45, 2.75) is 12.6 Å². The number of hydrogen-bond acceptors (Lipinski definition) is 3. The number of amides is 2. The number of carboxylic acid groups (broad SMARTS) is 1. The maximum Gasteiger partial charge on any atom is 0.334 e. The lowest BCUT2D eigenvalue weighted by molar-refractivity contribution is -0.146. The lowest BCUT2D eigenvalue weighted by Crippen LogP contribution is -2.41. The van der Waals surface area contributed by atoms with Crippen molar-refractivity contribution in [2.75, 3.05) is 6.54 Å². The quantitative estimate of drug-likeness (QED) is 0.577. The molecule has 6 nitrogen and oxygen atoms in total. The number of carboxylic acids is 1. The Balaban J connectivity index is 2.24. The van der Waals surface area contributed by atoms with Crippen LogP contribution in [0.3, 0.4) is 0 Å². The van der Waals surface area contributed by atoms with Crippen molar-refractivity contribution in [3.8, 4) is 0 Å². The third-order valence-corrected chi connectivity index (χ3v) is 2.04. The fourth-order valence-electron chi connectivity index (χ4n) is 1.12. The second-order valence-electron chi connectivity index (χ2n) is 3.40. The molecule has 0 aliphatic carbocycles. The first-order valence-corrected chi connectivity index (χ1v) is 5.06. The van der Waals surface area contributed by atoms with E-state index in [1.165, 1.54) is 0 Å². The molecule has 1 atom stereocenters. The van der Waals surface area contributed by atoms with E-state index in [0.717, 1.165) is 5.56 Å². The minimum Gasteiger partial charge on any atom is -0.479 e. The molecule has 1 aromatic rings. The van der Waals surface area contributed by atoms with Gasteiger partial charge in [0, 0.05) is 6.54 Å². The number of nitrogens with one attached hydrogen (secondary N) is 2. The van der Waals surface area contributed by atoms with Crippen LogP contribution in [0.15, 0.2) is 30.3 Å². The highest BCUT2D eigenvalue weighted by atomic mass is 16.4. The van der Waals surface area contributed by atoms with Crippen LogP contribution >= 0.6 is 0 Å². The van der Waals surface area contributed by atoms with Gasteiger partial charge in [-0.15, -0.1) is 0 Å². The van der Waals surface area contributed by atoms with Crippen LogP contribution < -0.4 is 10.6 Å². The smallest absolute Gasteiger partial charge is 0.334 e. The summed E-state index contributed by atoms with van der Waals surface area (Å²) < 4.78 is 0. The molecule has 6 heteroatoms. The first kappa shape index (κ1) is 13.0. The predicted octanol–water partition coefficient (Wildman–Crippen LogP) is -0.0687. The summed E-state index contributed by atoms with van der Waals surface area (Å²) in [6.45, 7) is 0.0196. The van der Waals surface area contributed by atoms with Gasteiger partial charge in [-0.2, -0.15) is 0 Å². The normalized spacial score (nSPS) is 11.6. The van der Waals surface area contributed by atoms with Crippen molar-refractivity contribution in [3.63, 3.8) is 0 Å². The first-order chi connectivity index (χ1) is 8.09. The van der Waals surface area contributed by atoms with E-state index in [1.54, 1.807) is 0 Å². The number of rotatable bonds is 5. The van der Waals surface area contributed by atoms with Crippen LogP contribution in [0, 0.1) is 0 Å². The molecular formula is C11H14N2O4. The maximum atomic E-state index is 11.2. The number of carbonyl (C=O) groups excluding carboxylic acids is 1. The molecule has 0 saturated carbocycles. The van der Waals surface area contributed by atoms with Gasteiger partial charge in [-0.3, -0.25) is 0 Å². The van der Waals surface area contributed by atoms with Crippen molar-refractivity contribution in [1.29, 1.82) is 0 Å². The van der Waals surface area contributed by atoms with Crippen molar-refractivity contribution in [2.24, 2.45) is 0 Å². The van der Waals surface area contributed by atoms with Gasteiger partial charge in [-0.1, -0.05) is 30.3 Å². The average Bonchev–Trinajstić information content (AvgIpc) is 2.34. The highest BCUT2D eigenvalue weighted by molar-refractivity contribution is 5.76. The Hall–Kier alpha value is -2.08. The number of urea groups is 1. The molecule has 92 valence electrons. The molecule has 0 heterocycles. The third kappa shape index (κ3) is 4.98. The predicted molar refractivity (Wildman–Crippen MR) is 60.3 cm³/mol. The molecular weight excluding hydrogens is 224 g/mol. The summed E-state index contributed by atoms with van der Waals surface area (Å²) in [6, 6.07) is 8.76. The fourth-order valence-corrected chi connectivity index (χ4v) is 1.12. The van der Waals surface area contributed by atoms with Gasteiger partial charge >= 0.3 is 12.0 Å². The lowest BCUT2D eigenvalue weighted by atomic mass is 10.2. The molecule has 1 rings (SSSR count). The van der Waals surface area contributed by atoms with Crippen molar-refractivity contribution in [1.82, 2.24) is 10.6 Å². The molecule has 2 amide bonds. The Morgan fingerprint density at radius 3 is 2.41 bits per heavy atom. The van der Waals surface area contributed by atoms with Gasteiger partial charge in [0.05, 0.1) is 6.54 Å². The van der Waals surface area contributed by atoms with E-state index in [2.05, 4.69) is 10.6 Å². The van der Waals surface area contributed by atoms with Gasteiger partial charge in [0.2, 0.25) is 0 Å². The molecule has 0 aliphatic heterocycles. The Morgan fingerprint density at radius 2 is 1.82 bits per heavy atom. The van der Waals surface area contributed by atoms with E-state index in [1.807, 2.05) is 30.3 Å². The van der Waals surface area contributed by atoms with Gasteiger partial charge < -0.3 is 20.8 Å². The summed E-state index contributed by atoms with van der Waals surface area (Å²) in [5, 5.41) is 22.1. The summed E-state index contributed by atoms with van der Waals surface area (Å²) >= 11 is 0. The number of aliphatic hydroxyl groups is 1. The third-order valence-electron chi connectivity index (χ3n) is 2.04. The summed E-state index contributed by atoms with van der Waals surface area (Å²) in [4.78, 5) is 21.5. The van der Waals surface area contributed by atoms with Crippen LogP contribution in [0.5, 0.6) is 0 Å². The molecule has 0 fully saturated rings. The van der Waals surface area contributed by atoms with Crippen LogP contribution in [-0.4, -0.2) is 34.9 Å². The van der Waals surface area contributed by atoms with E-state index in [4.69, 9.17) is 10.2 Å². The van der Waals surface area contributed by atoms with E-state index >= 15 is 0 Å². The van der Waals surface area contributed by atoms with Crippen LogP contribution in [0.4, 0.5) is 4.79 Å². The van der Waals surface area contributed by atoms with Crippen molar-refractivity contribution >= 4 is 12.0 Å². The Bertz CT molecular complexity index is 380. The minimum absolute atomic E-state index is 0.323. The van der Waals surface area contributed by atoms with Crippen LogP contribution in [0.1, 0.15) is 5.56 Å². The molecule has 0 aromatic heterocycles. The Morgan fingerprint density at radius 1 is 1.18 bits per heavy atom. The largest absolute Gasteiger partial charge is 0.479 e. The topological polar surface area (TPSA) is 98.7 Å². The summed E-state index contributed by atoms with van der Waals surface area (Å²) in [6.07, 6.45) is -1.59. The number of aliphatic carboxylic acids is 1. The number of aliphatic hydroxyl groups excluding tert-OH is 1. The van der Waals surface area contributed by atoms with Crippen LogP contribution in [-0.2, 0) is 11.3 Å². The van der Waals surface area contributed by atoms with E-state index in [-0.39, 0.29) is 6.54 Å². The Kier molecular flexibility index (Phi) is 4.96. The van der Waals surface area contributed by atoms with Gasteiger partial charge in [0.15, 0.2) is 6.10 Å².